The first kappa shape index (κ1) is 14.1. The summed E-state index contributed by atoms with van der Waals surface area (Å²) in [6.45, 7) is 2.05. The maximum atomic E-state index is 2.37. The fraction of sp³-hybridized carbons (Fsp3) is 0.0526. The average Bonchev–Trinajstić information content (AvgIpc) is 2.80. The van der Waals surface area contributed by atoms with Gasteiger partial charge in [-0.05, 0) is 24.6 Å². The number of nitrogens with zero attached hydrogens (tertiary/aromatic N) is 1. The van der Waals surface area contributed by atoms with Gasteiger partial charge in [0.05, 0.1) is 34.1 Å². The molecule has 0 N–H and O–H groups in total. The van der Waals surface area contributed by atoms with E-state index in [1.165, 1.54) is 27.7 Å². The highest BCUT2D eigenvalue weighted by atomic mass is 127. The summed E-state index contributed by atoms with van der Waals surface area (Å²) in [5, 5.41) is 1.28. The summed E-state index contributed by atoms with van der Waals surface area (Å²) >= 11 is 2.37. The molecule has 104 valence electrons. The lowest BCUT2D eigenvalue weighted by Gasteiger charge is -1.97. The number of hydrogen-bond acceptors (Lipinski definition) is 0. The Morgan fingerprint density at radius 1 is 0.857 bits per heavy atom. The van der Waals surface area contributed by atoms with Gasteiger partial charge < -0.3 is 0 Å². The zero-order valence-electron chi connectivity index (χ0n) is 11.8. The molecule has 0 fully saturated rings. The predicted octanol–water partition coefficient (Wildman–Crippen LogP) is 6.04. The number of fused-ring (bicyclic) bond motifs is 1. The molecule has 2 heteroatoms. The second-order valence-electron chi connectivity index (χ2n) is 4.84. The van der Waals surface area contributed by atoms with E-state index in [1.807, 2.05) is 6.07 Å². The summed E-state index contributed by atoms with van der Waals surface area (Å²) in [5.41, 5.74) is 4.96. The molecule has 0 aliphatic heterocycles. The van der Waals surface area contributed by atoms with Crippen molar-refractivity contribution in [3.05, 3.63) is 77.5 Å². The summed E-state index contributed by atoms with van der Waals surface area (Å²) in [4.78, 5) is 0. The summed E-state index contributed by atoms with van der Waals surface area (Å²) in [6.07, 6.45) is 8.63. The smallest absolute Gasteiger partial charge is 0.0646 e. The molecule has 0 atom stereocenters. The molecule has 0 aliphatic carbocycles. The molecule has 0 spiro atoms. The minimum Gasteiger partial charge on any atom is -0.282 e. The van der Waals surface area contributed by atoms with Gasteiger partial charge in [0, 0.05) is 10.9 Å². The van der Waals surface area contributed by atoms with E-state index in [2.05, 4.69) is 105 Å². The highest BCUT2D eigenvalue weighted by Crippen LogP contribution is 2.30. The van der Waals surface area contributed by atoms with Gasteiger partial charge in [-0.3, -0.25) is 2.78 Å². The molecule has 0 bridgehead atoms. The lowest BCUT2D eigenvalue weighted by molar-refractivity contribution is 1.37. The van der Waals surface area contributed by atoms with Crippen LogP contribution in [0.2, 0.25) is 0 Å². The van der Waals surface area contributed by atoms with Crippen LogP contribution in [0.15, 0.2) is 60.7 Å². The van der Waals surface area contributed by atoms with Crippen molar-refractivity contribution in [1.29, 1.82) is 0 Å². The number of aromatic nitrogens is 1. The standard InChI is InChI=1S/C19H16IN/c1-2-8-18-17(14-13-15-9-4-3-5-10-15)16-11-6-7-12-19(16)21(18)20/h2-14H,1H3/b8-2-,14-13+. The van der Waals surface area contributed by atoms with Crippen molar-refractivity contribution < 1.29 is 0 Å². The molecule has 1 heterocycles. The number of halogens is 1. The molecule has 0 aliphatic rings. The molecule has 0 unspecified atom stereocenters. The summed E-state index contributed by atoms with van der Waals surface area (Å²) in [5.74, 6) is 0. The number of allylic oxidation sites excluding steroid dienone is 1. The molecular weight excluding hydrogens is 369 g/mol. The predicted molar refractivity (Wildman–Crippen MR) is 101 cm³/mol. The topological polar surface area (TPSA) is 4.93 Å². The summed E-state index contributed by atoms with van der Waals surface area (Å²) in [6, 6.07) is 18.9. The summed E-state index contributed by atoms with van der Waals surface area (Å²) < 4.78 is 2.22. The molecule has 3 rings (SSSR count). The van der Waals surface area contributed by atoms with E-state index in [0.29, 0.717) is 0 Å². The van der Waals surface area contributed by atoms with E-state index in [0.717, 1.165) is 0 Å². The molecule has 0 radical (unpaired) electrons. The van der Waals surface area contributed by atoms with Gasteiger partial charge in [-0.1, -0.05) is 66.8 Å². The Hall–Kier alpha value is -1.81. The first-order valence-corrected chi connectivity index (χ1v) is 7.93. The van der Waals surface area contributed by atoms with Crippen LogP contribution in [-0.2, 0) is 0 Å². The fourth-order valence-electron chi connectivity index (χ4n) is 2.48. The van der Waals surface area contributed by atoms with Crippen molar-refractivity contribution in [2.75, 3.05) is 0 Å². The van der Waals surface area contributed by atoms with E-state index in [4.69, 9.17) is 0 Å². The minimum atomic E-state index is 1.22. The monoisotopic (exact) mass is 385 g/mol. The van der Waals surface area contributed by atoms with Gasteiger partial charge >= 0.3 is 0 Å². The Morgan fingerprint density at radius 3 is 2.33 bits per heavy atom. The zero-order chi connectivity index (χ0) is 14.7. The molecule has 0 saturated heterocycles. The van der Waals surface area contributed by atoms with Crippen molar-refractivity contribution in [3.8, 4) is 0 Å². The van der Waals surface area contributed by atoms with Gasteiger partial charge in [0.15, 0.2) is 0 Å². The van der Waals surface area contributed by atoms with Crippen LogP contribution in [0.25, 0.3) is 29.1 Å². The Kier molecular flexibility index (Phi) is 4.25. The highest BCUT2D eigenvalue weighted by molar-refractivity contribution is 14.1. The van der Waals surface area contributed by atoms with Crippen molar-refractivity contribution >= 4 is 52.0 Å². The van der Waals surface area contributed by atoms with Crippen LogP contribution >= 0.6 is 22.9 Å². The summed E-state index contributed by atoms with van der Waals surface area (Å²) in [7, 11) is 0. The van der Waals surface area contributed by atoms with Gasteiger partial charge in [-0.2, -0.15) is 0 Å². The van der Waals surface area contributed by atoms with E-state index >= 15 is 0 Å². The van der Waals surface area contributed by atoms with Crippen LogP contribution < -0.4 is 0 Å². The maximum Gasteiger partial charge on any atom is 0.0646 e. The fourth-order valence-corrected chi connectivity index (χ4v) is 3.32. The van der Waals surface area contributed by atoms with Crippen LogP contribution in [0.3, 0.4) is 0 Å². The van der Waals surface area contributed by atoms with Crippen molar-refractivity contribution in [2.24, 2.45) is 0 Å². The first-order chi connectivity index (χ1) is 10.3. The Balaban J connectivity index is 2.17. The first-order valence-electron chi connectivity index (χ1n) is 6.96. The lowest BCUT2D eigenvalue weighted by Crippen LogP contribution is -1.83. The maximum absolute atomic E-state index is 2.37. The van der Waals surface area contributed by atoms with Gasteiger partial charge in [0.25, 0.3) is 0 Å². The average molecular weight is 385 g/mol. The molecule has 1 aromatic heterocycles. The van der Waals surface area contributed by atoms with Crippen molar-refractivity contribution in [3.63, 3.8) is 0 Å². The van der Waals surface area contributed by atoms with Gasteiger partial charge in [-0.15, -0.1) is 0 Å². The zero-order valence-corrected chi connectivity index (χ0v) is 14.0. The van der Waals surface area contributed by atoms with E-state index < -0.39 is 0 Å². The minimum absolute atomic E-state index is 1.22. The number of benzene rings is 2. The SMILES string of the molecule is C/C=C\c1c(/C=C/c2ccccc2)c2ccccc2n1I. The third-order valence-corrected chi connectivity index (χ3v) is 4.50. The Bertz CT molecular complexity index is 810. The van der Waals surface area contributed by atoms with Crippen molar-refractivity contribution in [2.45, 2.75) is 6.92 Å². The molecule has 2 aromatic carbocycles. The number of hydrogen-bond donors (Lipinski definition) is 0. The van der Waals surface area contributed by atoms with E-state index in [-0.39, 0.29) is 0 Å². The molecule has 3 aromatic rings. The van der Waals surface area contributed by atoms with Crippen LogP contribution in [0, 0.1) is 0 Å². The molecular formula is C19H16IN. The van der Waals surface area contributed by atoms with Crippen molar-refractivity contribution in [1.82, 2.24) is 2.78 Å². The molecule has 1 nitrogen and oxygen atoms in total. The van der Waals surface area contributed by atoms with E-state index in [9.17, 15) is 0 Å². The number of rotatable bonds is 3. The van der Waals surface area contributed by atoms with Gasteiger partial charge in [0.1, 0.15) is 0 Å². The van der Waals surface area contributed by atoms with E-state index in [1.54, 1.807) is 0 Å². The Morgan fingerprint density at radius 2 is 1.57 bits per heavy atom. The van der Waals surface area contributed by atoms with Crippen LogP contribution in [0.1, 0.15) is 23.7 Å². The molecule has 0 amide bonds. The van der Waals surface area contributed by atoms with Gasteiger partial charge in [-0.25, -0.2) is 0 Å². The molecule has 0 saturated carbocycles. The third-order valence-electron chi connectivity index (χ3n) is 3.46. The normalized spacial score (nSPS) is 11.9. The van der Waals surface area contributed by atoms with Gasteiger partial charge in [0.2, 0.25) is 0 Å². The second-order valence-corrected chi connectivity index (χ2v) is 5.81. The van der Waals surface area contributed by atoms with Crippen LogP contribution in [0.5, 0.6) is 0 Å². The number of para-hydroxylation sites is 1. The van der Waals surface area contributed by atoms with Crippen LogP contribution in [0.4, 0.5) is 0 Å². The third kappa shape index (κ3) is 2.81. The highest BCUT2D eigenvalue weighted by Gasteiger charge is 2.11. The lowest BCUT2D eigenvalue weighted by atomic mass is 10.1. The quantitative estimate of drug-likeness (QED) is 0.484. The largest absolute Gasteiger partial charge is 0.282 e. The van der Waals surface area contributed by atoms with Crippen LogP contribution in [-0.4, -0.2) is 2.78 Å². The second kappa shape index (κ2) is 6.31. The molecule has 21 heavy (non-hydrogen) atoms. The Labute approximate surface area is 139 Å².